The van der Waals surface area contributed by atoms with Gasteiger partial charge in [-0.15, -0.1) is 0 Å². The van der Waals surface area contributed by atoms with Crippen molar-refractivity contribution < 1.29 is 13.2 Å². The molecule has 1 heterocycles. The van der Waals surface area contributed by atoms with Crippen LogP contribution in [0.15, 0.2) is 103 Å². The van der Waals surface area contributed by atoms with E-state index in [1.807, 2.05) is 54.7 Å². The number of hydrogen-bond acceptors (Lipinski definition) is 1. The summed E-state index contributed by atoms with van der Waals surface area (Å²) in [7, 11) is 0. The number of rotatable bonds is 6. The second kappa shape index (κ2) is 10.4. The first-order valence-corrected chi connectivity index (χ1v) is 12.3. The molecule has 2 nitrogen and oxygen atoms in total. The van der Waals surface area contributed by atoms with Crippen LogP contribution < -0.4 is 0 Å². The fourth-order valence-corrected chi connectivity index (χ4v) is 4.69. The van der Waals surface area contributed by atoms with Crippen molar-refractivity contribution in [1.82, 2.24) is 9.55 Å². The van der Waals surface area contributed by atoms with Crippen LogP contribution in [0.1, 0.15) is 22.5 Å². The van der Waals surface area contributed by atoms with E-state index in [0.29, 0.717) is 23.0 Å². The highest BCUT2D eigenvalue weighted by atomic mass is 35.5. The summed E-state index contributed by atoms with van der Waals surface area (Å²) in [4.78, 5) is 4.90. The minimum absolute atomic E-state index is 0.532. The summed E-state index contributed by atoms with van der Waals surface area (Å²) in [5.41, 5.74) is 4.65. The summed E-state index contributed by atoms with van der Waals surface area (Å²) in [6, 6.07) is 28.5. The van der Waals surface area contributed by atoms with Gasteiger partial charge in [0.1, 0.15) is 5.82 Å². The standard InChI is InChI=1S/C30H21Cl2F3N2/c31-25-14-15-26(27(32)17-25)28-19-37(18-21-4-2-1-3-5-21)29(36-28)16-20-6-8-22(9-7-20)23-10-12-24(13-11-23)30(33,34)35/h1-15,17,19H,16,18H2. The molecule has 0 spiro atoms. The van der Waals surface area contributed by atoms with E-state index in [1.54, 1.807) is 12.1 Å². The van der Waals surface area contributed by atoms with E-state index in [1.165, 1.54) is 12.1 Å². The lowest BCUT2D eigenvalue weighted by atomic mass is 10.0. The van der Waals surface area contributed by atoms with Crippen molar-refractivity contribution in [1.29, 1.82) is 0 Å². The van der Waals surface area contributed by atoms with Crippen LogP contribution in [0.2, 0.25) is 10.0 Å². The SMILES string of the molecule is FC(F)(F)c1ccc(-c2ccc(Cc3nc(-c4ccc(Cl)cc4Cl)cn3Cc3ccccc3)cc2)cc1. The average Bonchev–Trinajstić information content (AvgIpc) is 3.26. The first-order valence-electron chi connectivity index (χ1n) is 11.6. The van der Waals surface area contributed by atoms with Gasteiger partial charge in [0.25, 0.3) is 0 Å². The lowest BCUT2D eigenvalue weighted by Gasteiger charge is -2.10. The van der Waals surface area contributed by atoms with Crippen molar-refractivity contribution >= 4 is 23.2 Å². The lowest BCUT2D eigenvalue weighted by Crippen LogP contribution is -2.05. The fraction of sp³-hybridized carbons (Fsp3) is 0.100. The van der Waals surface area contributed by atoms with Gasteiger partial charge in [-0.1, -0.05) is 89.9 Å². The maximum Gasteiger partial charge on any atom is 0.416 e. The number of nitrogens with zero attached hydrogens (tertiary/aromatic N) is 2. The molecule has 0 aliphatic heterocycles. The van der Waals surface area contributed by atoms with Crippen molar-refractivity contribution in [3.8, 4) is 22.4 Å². The van der Waals surface area contributed by atoms with Crippen LogP contribution in [0.3, 0.4) is 0 Å². The quantitative estimate of drug-likeness (QED) is 0.211. The first kappa shape index (κ1) is 25.1. The van der Waals surface area contributed by atoms with E-state index in [2.05, 4.69) is 16.7 Å². The Balaban J connectivity index is 1.43. The monoisotopic (exact) mass is 536 g/mol. The highest BCUT2D eigenvalue weighted by Gasteiger charge is 2.30. The molecule has 5 rings (SSSR count). The number of halogens is 5. The first-order chi connectivity index (χ1) is 17.8. The largest absolute Gasteiger partial charge is 0.416 e. The van der Waals surface area contributed by atoms with Crippen LogP contribution in [0, 0.1) is 0 Å². The lowest BCUT2D eigenvalue weighted by molar-refractivity contribution is -0.137. The minimum Gasteiger partial charge on any atom is -0.330 e. The summed E-state index contributed by atoms with van der Waals surface area (Å²) in [6.07, 6.45) is -1.78. The van der Waals surface area contributed by atoms with Gasteiger partial charge in [0.15, 0.2) is 0 Å². The van der Waals surface area contributed by atoms with Gasteiger partial charge < -0.3 is 4.57 Å². The van der Waals surface area contributed by atoms with Gasteiger partial charge in [-0.2, -0.15) is 13.2 Å². The Morgan fingerprint density at radius 3 is 2.00 bits per heavy atom. The van der Waals surface area contributed by atoms with E-state index >= 15 is 0 Å². The predicted molar refractivity (Wildman–Crippen MR) is 143 cm³/mol. The molecule has 0 fully saturated rings. The Hall–Kier alpha value is -3.54. The predicted octanol–water partition coefficient (Wildman–Crippen LogP) is 9.18. The summed E-state index contributed by atoms with van der Waals surface area (Å²) in [5, 5.41) is 1.09. The Morgan fingerprint density at radius 1 is 0.730 bits per heavy atom. The zero-order valence-corrected chi connectivity index (χ0v) is 21.0. The molecule has 186 valence electrons. The van der Waals surface area contributed by atoms with Crippen LogP contribution in [0.5, 0.6) is 0 Å². The molecule has 5 aromatic rings. The second-order valence-corrected chi connectivity index (χ2v) is 9.57. The maximum atomic E-state index is 12.9. The van der Waals surface area contributed by atoms with E-state index in [-0.39, 0.29) is 0 Å². The summed E-state index contributed by atoms with van der Waals surface area (Å²) in [6.45, 7) is 0.651. The molecule has 0 saturated heterocycles. The zero-order valence-electron chi connectivity index (χ0n) is 19.5. The Kier molecular flexibility index (Phi) is 7.09. The zero-order chi connectivity index (χ0) is 26.0. The van der Waals surface area contributed by atoms with Crippen molar-refractivity contribution in [2.75, 3.05) is 0 Å². The number of hydrogen-bond donors (Lipinski definition) is 0. The molecule has 0 bridgehead atoms. The molecule has 0 radical (unpaired) electrons. The summed E-state index contributed by atoms with van der Waals surface area (Å²) < 4.78 is 40.8. The van der Waals surface area contributed by atoms with E-state index < -0.39 is 11.7 Å². The number of benzene rings is 4. The van der Waals surface area contributed by atoms with Crippen molar-refractivity contribution in [2.45, 2.75) is 19.1 Å². The van der Waals surface area contributed by atoms with E-state index in [9.17, 15) is 13.2 Å². The molecule has 0 N–H and O–H groups in total. The van der Waals surface area contributed by atoms with E-state index in [0.717, 1.165) is 51.5 Å². The maximum absolute atomic E-state index is 12.9. The van der Waals surface area contributed by atoms with Crippen LogP contribution in [-0.4, -0.2) is 9.55 Å². The van der Waals surface area contributed by atoms with Crippen molar-refractivity contribution in [3.63, 3.8) is 0 Å². The smallest absolute Gasteiger partial charge is 0.330 e. The third-order valence-corrected chi connectivity index (χ3v) is 6.67. The fourth-order valence-electron chi connectivity index (χ4n) is 4.19. The highest BCUT2D eigenvalue weighted by molar-refractivity contribution is 6.36. The molecule has 0 aliphatic carbocycles. The van der Waals surface area contributed by atoms with Gasteiger partial charge in [0.05, 0.1) is 16.3 Å². The summed E-state index contributed by atoms with van der Waals surface area (Å²) >= 11 is 12.5. The molecule has 4 aromatic carbocycles. The molecule has 0 amide bonds. The second-order valence-electron chi connectivity index (χ2n) is 8.73. The molecular formula is C30H21Cl2F3N2. The molecule has 7 heteroatoms. The number of aromatic nitrogens is 2. The molecule has 37 heavy (non-hydrogen) atoms. The van der Waals surface area contributed by atoms with E-state index in [4.69, 9.17) is 28.2 Å². The molecule has 1 aromatic heterocycles. The average molecular weight is 537 g/mol. The van der Waals surface area contributed by atoms with Gasteiger partial charge in [0, 0.05) is 29.7 Å². The van der Waals surface area contributed by atoms with Gasteiger partial charge in [-0.25, -0.2) is 4.98 Å². The Bertz CT molecular complexity index is 1510. The molecule has 0 aliphatic rings. The number of imidazole rings is 1. The number of alkyl halides is 3. The van der Waals surface area contributed by atoms with Crippen molar-refractivity contribution in [2.24, 2.45) is 0 Å². The van der Waals surface area contributed by atoms with Crippen LogP contribution >= 0.6 is 23.2 Å². The Labute approximate surface area is 222 Å². The van der Waals surface area contributed by atoms with Crippen LogP contribution in [0.4, 0.5) is 13.2 Å². The third kappa shape index (κ3) is 5.90. The van der Waals surface area contributed by atoms with Crippen LogP contribution in [-0.2, 0) is 19.1 Å². The molecule has 0 atom stereocenters. The van der Waals surface area contributed by atoms with Gasteiger partial charge in [-0.05, 0) is 52.6 Å². The highest BCUT2D eigenvalue weighted by Crippen LogP contribution is 2.32. The molecule has 0 unspecified atom stereocenters. The van der Waals surface area contributed by atoms with Crippen molar-refractivity contribution in [3.05, 3.63) is 136 Å². The molecular weight excluding hydrogens is 516 g/mol. The van der Waals surface area contributed by atoms with Gasteiger partial charge in [0.2, 0.25) is 0 Å². The topological polar surface area (TPSA) is 17.8 Å². The molecule has 0 saturated carbocycles. The van der Waals surface area contributed by atoms with Crippen LogP contribution in [0.25, 0.3) is 22.4 Å². The summed E-state index contributed by atoms with van der Waals surface area (Å²) in [5.74, 6) is 0.868. The van der Waals surface area contributed by atoms with Gasteiger partial charge in [-0.3, -0.25) is 0 Å². The Morgan fingerprint density at radius 2 is 1.38 bits per heavy atom. The minimum atomic E-state index is -4.35. The third-order valence-electron chi connectivity index (χ3n) is 6.12. The normalized spacial score (nSPS) is 11.6. The van der Waals surface area contributed by atoms with Gasteiger partial charge >= 0.3 is 6.18 Å².